The van der Waals surface area contributed by atoms with E-state index < -0.39 is 0 Å². The number of rotatable bonds is 4. The maximum Gasteiger partial charge on any atom is 0.146 e. The molecule has 0 bridgehead atoms. The van der Waals surface area contributed by atoms with Crippen molar-refractivity contribution in [1.29, 1.82) is 0 Å². The molecule has 0 fully saturated rings. The third-order valence-corrected chi connectivity index (χ3v) is 4.29. The zero-order chi connectivity index (χ0) is 13.0. The molecule has 17 heavy (non-hydrogen) atoms. The smallest absolute Gasteiger partial charge is 0.146 e. The van der Waals surface area contributed by atoms with Crippen LogP contribution in [0.3, 0.4) is 0 Å². The first-order valence-electron chi connectivity index (χ1n) is 4.70. The Morgan fingerprint density at radius 1 is 1.41 bits per heavy atom. The summed E-state index contributed by atoms with van der Waals surface area (Å²) in [5, 5.41) is 11.5. The maximum atomic E-state index is 8.55. The van der Waals surface area contributed by atoms with E-state index in [-0.39, 0.29) is 11.8 Å². The summed E-state index contributed by atoms with van der Waals surface area (Å²) >= 11 is 6.75. The van der Waals surface area contributed by atoms with Gasteiger partial charge in [-0.15, -0.1) is 0 Å². The number of hydrogen-bond acceptors (Lipinski definition) is 3. The molecular formula is C10H11I3N2O2. The van der Waals surface area contributed by atoms with Gasteiger partial charge >= 0.3 is 0 Å². The van der Waals surface area contributed by atoms with E-state index in [9.17, 15) is 0 Å². The molecule has 1 atom stereocenters. The van der Waals surface area contributed by atoms with Gasteiger partial charge in [-0.25, -0.2) is 0 Å². The molecule has 7 heteroatoms. The van der Waals surface area contributed by atoms with Crippen molar-refractivity contribution in [2.24, 2.45) is 16.8 Å². The molecule has 1 aromatic rings. The minimum absolute atomic E-state index is 0.120. The molecule has 1 unspecified atom stereocenters. The molecule has 0 aliphatic heterocycles. The van der Waals surface area contributed by atoms with Gasteiger partial charge in [-0.1, -0.05) is 12.1 Å². The molecule has 3 N–H and O–H groups in total. The van der Waals surface area contributed by atoms with Crippen molar-refractivity contribution in [3.8, 4) is 5.75 Å². The van der Waals surface area contributed by atoms with E-state index in [4.69, 9.17) is 15.7 Å². The van der Waals surface area contributed by atoms with Crippen molar-refractivity contribution >= 4 is 73.6 Å². The minimum atomic E-state index is -0.120. The van der Waals surface area contributed by atoms with E-state index in [0.717, 1.165) is 12.9 Å². The van der Waals surface area contributed by atoms with Crippen molar-refractivity contribution in [2.45, 2.75) is 6.92 Å². The Morgan fingerprint density at radius 2 is 1.94 bits per heavy atom. The molecule has 0 amide bonds. The number of oxime groups is 1. The number of halogens is 3. The average Bonchev–Trinajstić information content (AvgIpc) is 2.26. The summed E-state index contributed by atoms with van der Waals surface area (Å²) in [6, 6.07) is 4.10. The van der Waals surface area contributed by atoms with Crippen molar-refractivity contribution in [3.63, 3.8) is 0 Å². The Labute approximate surface area is 141 Å². The largest absolute Gasteiger partial charge is 0.491 e. The van der Waals surface area contributed by atoms with Crippen molar-refractivity contribution < 1.29 is 9.94 Å². The molecule has 0 radical (unpaired) electrons. The summed E-state index contributed by atoms with van der Waals surface area (Å²) in [5.41, 5.74) is 5.50. The van der Waals surface area contributed by atoms with Gasteiger partial charge in [-0.05, 0) is 79.9 Å². The van der Waals surface area contributed by atoms with Gasteiger partial charge in [0, 0.05) is 3.57 Å². The monoisotopic (exact) mass is 572 g/mol. The van der Waals surface area contributed by atoms with E-state index in [1.807, 2.05) is 19.1 Å². The Balaban J connectivity index is 2.76. The van der Waals surface area contributed by atoms with Crippen LogP contribution in [-0.2, 0) is 0 Å². The van der Waals surface area contributed by atoms with E-state index in [0.29, 0.717) is 6.61 Å². The fourth-order valence-electron chi connectivity index (χ4n) is 1.06. The summed E-state index contributed by atoms with van der Waals surface area (Å²) < 4.78 is 9.01. The predicted octanol–water partition coefficient (Wildman–Crippen LogP) is 3.26. The highest BCUT2D eigenvalue weighted by Crippen LogP contribution is 2.29. The van der Waals surface area contributed by atoms with Crippen LogP contribution in [0.1, 0.15) is 6.92 Å². The van der Waals surface area contributed by atoms with E-state index >= 15 is 0 Å². The SMILES string of the molecule is CC(COc1c(I)cc(I)cc1I)/C(N)=N/O. The summed E-state index contributed by atoms with van der Waals surface area (Å²) in [6.45, 7) is 2.24. The molecule has 1 aromatic carbocycles. The first-order chi connectivity index (χ1) is 7.95. The van der Waals surface area contributed by atoms with Crippen LogP contribution in [0.5, 0.6) is 5.75 Å². The second kappa shape index (κ2) is 7.16. The van der Waals surface area contributed by atoms with Crippen LogP contribution in [-0.4, -0.2) is 17.6 Å². The molecule has 0 aliphatic carbocycles. The Hall–Kier alpha value is 0.480. The number of nitrogens with zero attached hydrogens (tertiary/aromatic N) is 1. The van der Waals surface area contributed by atoms with Gasteiger partial charge in [-0.2, -0.15) is 0 Å². The summed E-state index contributed by atoms with van der Waals surface area (Å²) in [6.07, 6.45) is 0. The van der Waals surface area contributed by atoms with Crippen LogP contribution in [0, 0.1) is 16.6 Å². The molecule has 0 heterocycles. The topological polar surface area (TPSA) is 67.8 Å². The summed E-state index contributed by atoms with van der Waals surface area (Å²) in [7, 11) is 0. The van der Waals surface area contributed by atoms with Crippen molar-refractivity contribution in [2.75, 3.05) is 6.61 Å². The molecule has 0 aromatic heterocycles. The molecule has 0 spiro atoms. The third-order valence-electron chi connectivity index (χ3n) is 2.06. The second-order valence-electron chi connectivity index (χ2n) is 3.44. The average molecular weight is 572 g/mol. The molecule has 0 aliphatic rings. The number of hydrogen-bond donors (Lipinski definition) is 2. The van der Waals surface area contributed by atoms with Crippen LogP contribution >= 0.6 is 67.8 Å². The number of benzene rings is 1. The number of amidine groups is 1. The highest BCUT2D eigenvalue weighted by molar-refractivity contribution is 14.1. The first-order valence-corrected chi connectivity index (χ1v) is 7.94. The van der Waals surface area contributed by atoms with Crippen LogP contribution < -0.4 is 10.5 Å². The van der Waals surface area contributed by atoms with Crippen LogP contribution in [0.4, 0.5) is 0 Å². The molecule has 94 valence electrons. The molecule has 4 nitrogen and oxygen atoms in total. The maximum absolute atomic E-state index is 8.55. The van der Waals surface area contributed by atoms with E-state index in [1.165, 1.54) is 3.57 Å². The lowest BCUT2D eigenvalue weighted by Gasteiger charge is -2.14. The molecule has 0 saturated carbocycles. The van der Waals surface area contributed by atoms with Gasteiger partial charge in [0.05, 0.1) is 19.7 Å². The zero-order valence-electron chi connectivity index (χ0n) is 8.95. The minimum Gasteiger partial charge on any atom is -0.491 e. The summed E-state index contributed by atoms with van der Waals surface area (Å²) in [5.74, 6) is 0.913. The Kier molecular flexibility index (Phi) is 6.55. The lowest BCUT2D eigenvalue weighted by atomic mass is 10.2. The fourth-order valence-corrected chi connectivity index (χ4v) is 4.95. The van der Waals surface area contributed by atoms with Gasteiger partial charge in [0.15, 0.2) is 0 Å². The number of nitrogens with two attached hydrogens (primary N) is 1. The van der Waals surface area contributed by atoms with Crippen LogP contribution in [0.2, 0.25) is 0 Å². The van der Waals surface area contributed by atoms with E-state index in [1.54, 1.807) is 0 Å². The van der Waals surface area contributed by atoms with Crippen LogP contribution in [0.15, 0.2) is 17.3 Å². The van der Waals surface area contributed by atoms with Gasteiger partial charge in [0.1, 0.15) is 11.6 Å². The standard InChI is InChI=1S/C10H11I3N2O2/c1-5(10(14)15-16)4-17-9-7(12)2-6(11)3-8(9)13/h2-3,5,16H,4H2,1H3,(H2,14,15). The third kappa shape index (κ3) is 4.58. The number of ether oxygens (including phenoxy) is 1. The van der Waals surface area contributed by atoms with Crippen molar-refractivity contribution in [3.05, 3.63) is 22.8 Å². The van der Waals surface area contributed by atoms with Gasteiger partial charge in [-0.3, -0.25) is 0 Å². The highest BCUT2D eigenvalue weighted by Gasteiger charge is 2.12. The first kappa shape index (κ1) is 15.5. The Bertz CT molecular complexity index is 415. The van der Waals surface area contributed by atoms with Gasteiger partial charge in [0.25, 0.3) is 0 Å². The van der Waals surface area contributed by atoms with Crippen LogP contribution in [0.25, 0.3) is 0 Å². The second-order valence-corrected chi connectivity index (χ2v) is 7.01. The van der Waals surface area contributed by atoms with Gasteiger partial charge in [0.2, 0.25) is 0 Å². The van der Waals surface area contributed by atoms with Crippen molar-refractivity contribution in [1.82, 2.24) is 0 Å². The quantitative estimate of drug-likeness (QED) is 0.192. The highest BCUT2D eigenvalue weighted by atomic mass is 127. The fraction of sp³-hybridized carbons (Fsp3) is 0.300. The summed E-state index contributed by atoms with van der Waals surface area (Å²) in [4.78, 5) is 0. The van der Waals surface area contributed by atoms with E-state index in [2.05, 4.69) is 72.9 Å². The lowest BCUT2D eigenvalue weighted by molar-refractivity contribution is 0.276. The molecule has 1 rings (SSSR count). The predicted molar refractivity (Wildman–Crippen MR) is 92.7 cm³/mol. The normalized spacial score (nSPS) is 13.5. The Morgan fingerprint density at radius 3 is 2.41 bits per heavy atom. The molecular weight excluding hydrogens is 561 g/mol. The molecule has 0 saturated heterocycles. The zero-order valence-corrected chi connectivity index (χ0v) is 15.4. The van der Waals surface area contributed by atoms with Gasteiger partial charge < -0.3 is 15.7 Å². The lowest BCUT2D eigenvalue weighted by Crippen LogP contribution is -2.26.